The second kappa shape index (κ2) is 7.48. The highest BCUT2D eigenvalue weighted by Crippen LogP contribution is 2.28. The number of likely N-dealkylation sites (N-methyl/N-ethyl adjacent to an activating group) is 1. The van der Waals surface area contributed by atoms with Gasteiger partial charge >= 0.3 is 0 Å². The lowest BCUT2D eigenvalue weighted by atomic mass is 9.97. The summed E-state index contributed by atoms with van der Waals surface area (Å²) in [5.41, 5.74) is 3.68. The Kier molecular flexibility index (Phi) is 5.66. The number of benzene rings is 2. The average molecular weight is 304 g/mol. The van der Waals surface area contributed by atoms with E-state index >= 15 is 0 Å². The summed E-state index contributed by atoms with van der Waals surface area (Å²) in [6, 6.07) is 14.6. The van der Waals surface area contributed by atoms with E-state index in [0.717, 1.165) is 29.3 Å². The molecule has 0 fully saturated rings. The number of hydrogen-bond donors (Lipinski definition) is 1. The summed E-state index contributed by atoms with van der Waals surface area (Å²) in [4.78, 5) is 0. The first-order chi connectivity index (χ1) is 10.1. The van der Waals surface area contributed by atoms with Gasteiger partial charge in [-0.1, -0.05) is 48.4 Å². The molecule has 2 rings (SSSR count). The number of rotatable bonds is 6. The SMILES string of the molecule is CCNC(Cc1cc(Cl)ccc1OC)c1cccc(C)c1. The molecule has 3 heteroatoms. The third-order valence-electron chi connectivity index (χ3n) is 3.56. The standard InChI is InChI=1S/C18H22ClNO/c1-4-20-17(14-7-5-6-13(2)10-14)12-15-11-16(19)8-9-18(15)21-3/h5-11,17,20H,4,12H2,1-3H3. The molecule has 112 valence electrons. The van der Waals surface area contributed by atoms with Crippen LogP contribution in [-0.4, -0.2) is 13.7 Å². The quantitative estimate of drug-likeness (QED) is 0.845. The molecule has 0 spiro atoms. The molecular weight excluding hydrogens is 282 g/mol. The fourth-order valence-electron chi connectivity index (χ4n) is 2.57. The molecule has 0 aliphatic carbocycles. The van der Waals surface area contributed by atoms with Gasteiger partial charge in [0.2, 0.25) is 0 Å². The summed E-state index contributed by atoms with van der Waals surface area (Å²) in [7, 11) is 1.70. The van der Waals surface area contributed by atoms with Crippen LogP contribution in [-0.2, 0) is 6.42 Å². The van der Waals surface area contributed by atoms with E-state index < -0.39 is 0 Å². The Morgan fingerprint density at radius 3 is 2.67 bits per heavy atom. The van der Waals surface area contributed by atoms with Crippen LogP contribution in [0.1, 0.15) is 29.7 Å². The second-order valence-corrected chi connectivity index (χ2v) is 5.62. The third kappa shape index (κ3) is 4.23. The van der Waals surface area contributed by atoms with Gasteiger partial charge in [-0.25, -0.2) is 0 Å². The first kappa shape index (κ1) is 15.9. The summed E-state index contributed by atoms with van der Waals surface area (Å²) in [5, 5.41) is 4.29. The van der Waals surface area contributed by atoms with Crippen molar-refractivity contribution >= 4 is 11.6 Å². The van der Waals surface area contributed by atoms with Gasteiger partial charge in [0, 0.05) is 11.1 Å². The van der Waals surface area contributed by atoms with Crippen molar-refractivity contribution in [2.45, 2.75) is 26.3 Å². The molecule has 1 N–H and O–H groups in total. The van der Waals surface area contributed by atoms with E-state index in [1.165, 1.54) is 11.1 Å². The fraction of sp³-hybridized carbons (Fsp3) is 0.333. The minimum atomic E-state index is 0.252. The van der Waals surface area contributed by atoms with Crippen molar-refractivity contribution in [2.24, 2.45) is 0 Å². The Balaban J connectivity index is 2.30. The Hall–Kier alpha value is -1.51. The molecule has 1 atom stereocenters. The molecule has 21 heavy (non-hydrogen) atoms. The lowest BCUT2D eigenvalue weighted by molar-refractivity contribution is 0.405. The molecule has 0 saturated heterocycles. The van der Waals surface area contributed by atoms with E-state index in [9.17, 15) is 0 Å². The van der Waals surface area contributed by atoms with Gasteiger partial charge in [-0.05, 0) is 49.2 Å². The van der Waals surface area contributed by atoms with Gasteiger partial charge in [-0.2, -0.15) is 0 Å². The van der Waals surface area contributed by atoms with E-state index in [0.29, 0.717) is 0 Å². The first-order valence-corrected chi connectivity index (χ1v) is 7.64. The van der Waals surface area contributed by atoms with E-state index in [4.69, 9.17) is 16.3 Å². The predicted octanol–water partition coefficient (Wildman–Crippen LogP) is 4.55. The Bertz CT molecular complexity index is 598. The van der Waals surface area contributed by atoms with Crippen LogP contribution in [0.2, 0.25) is 5.02 Å². The molecule has 2 aromatic carbocycles. The van der Waals surface area contributed by atoms with E-state index in [1.807, 2.05) is 18.2 Å². The number of halogens is 1. The van der Waals surface area contributed by atoms with Crippen molar-refractivity contribution in [3.63, 3.8) is 0 Å². The normalized spacial score (nSPS) is 12.2. The minimum Gasteiger partial charge on any atom is -0.496 e. The fourth-order valence-corrected chi connectivity index (χ4v) is 2.76. The molecule has 0 amide bonds. The summed E-state index contributed by atoms with van der Waals surface area (Å²) in [6.45, 7) is 5.16. The molecule has 2 nitrogen and oxygen atoms in total. The number of ether oxygens (including phenoxy) is 1. The lowest BCUT2D eigenvalue weighted by Crippen LogP contribution is -2.23. The van der Waals surface area contributed by atoms with Gasteiger partial charge in [0.25, 0.3) is 0 Å². The van der Waals surface area contributed by atoms with Crippen molar-refractivity contribution < 1.29 is 4.74 Å². The molecule has 1 unspecified atom stereocenters. The van der Waals surface area contributed by atoms with Crippen molar-refractivity contribution in [3.8, 4) is 5.75 Å². The maximum atomic E-state index is 6.13. The molecule has 0 radical (unpaired) electrons. The minimum absolute atomic E-state index is 0.252. The van der Waals surface area contributed by atoms with Crippen LogP contribution in [0.5, 0.6) is 5.75 Å². The molecule has 0 aliphatic rings. The molecule has 0 heterocycles. The molecule has 0 bridgehead atoms. The van der Waals surface area contributed by atoms with Gasteiger partial charge in [0.05, 0.1) is 7.11 Å². The molecular formula is C18H22ClNO. The van der Waals surface area contributed by atoms with Gasteiger partial charge in [0.15, 0.2) is 0 Å². The monoisotopic (exact) mass is 303 g/mol. The second-order valence-electron chi connectivity index (χ2n) is 5.18. The van der Waals surface area contributed by atoms with Crippen LogP contribution in [0.4, 0.5) is 0 Å². The van der Waals surface area contributed by atoms with Crippen LogP contribution >= 0.6 is 11.6 Å². The largest absolute Gasteiger partial charge is 0.496 e. The summed E-state index contributed by atoms with van der Waals surface area (Å²) in [5.74, 6) is 0.884. The van der Waals surface area contributed by atoms with E-state index in [1.54, 1.807) is 7.11 Å². The number of aryl methyl sites for hydroxylation is 1. The Morgan fingerprint density at radius 1 is 1.19 bits per heavy atom. The highest BCUT2D eigenvalue weighted by atomic mass is 35.5. The van der Waals surface area contributed by atoms with Gasteiger partial charge < -0.3 is 10.1 Å². The lowest BCUT2D eigenvalue weighted by Gasteiger charge is -2.20. The molecule has 0 saturated carbocycles. The molecule has 2 aromatic rings. The van der Waals surface area contributed by atoms with Crippen LogP contribution in [0, 0.1) is 6.92 Å². The van der Waals surface area contributed by atoms with Crippen LogP contribution in [0.15, 0.2) is 42.5 Å². The highest BCUT2D eigenvalue weighted by Gasteiger charge is 2.14. The van der Waals surface area contributed by atoms with Crippen LogP contribution < -0.4 is 10.1 Å². The van der Waals surface area contributed by atoms with Crippen molar-refractivity contribution in [2.75, 3.05) is 13.7 Å². The summed E-state index contributed by atoms with van der Waals surface area (Å²) >= 11 is 6.13. The number of hydrogen-bond acceptors (Lipinski definition) is 2. The highest BCUT2D eigenvalue weighted by molar-refractivity contribution is 6.30. The molecule has 0 aliphatic heterocycles. The van der Waals surface area contributed by atoms with Gasteiger partial charge in [-0.3, -0.25) is 0 Å². The maximum Gasteiger partial charge on any atom is 0.122 e. The number of methoxy groups -OCH3 is 1. The van der Waals surface area contributed by atoms with Gasteiger partial charge in [-0.15, -0.1) is 0 Å². The van der Waals surface area contributed by atoms with E-state index in [-0.39, 0.29) is 6.04 Å². The topological polar surface area (TPSA) is 21.3 Å². The zero-order valence-corrected chi connectivity index (χ0v) is 13.6. The summed E-state index contributed by atoms with van der Waals surface area (Å²) in [6.07, 6.45) is 0.848. The Morgan fingerprint density at radius 2 is 2.00 bits per heavy atom. The third-order valence-corrected chi connectivity index (χ3v) is 3.80. The van der Waals surface area contributed by atoms with Crippen molar-refractivity contribution in [3.05, 3.63) is 64.2 Å². The molecule has 0 aromatic heterocycles. The van der Waals surface area contributed by atoms with Crippen LogP contribution in [0.3, 0.4) is 0 Å². The average Bonchev–Trinajstić information content (AvgIpc) is 2.47. The van der Waals surface area contributed by atoms with Crippen molar-refractivity contribution in [1.29, 1.82) is 0 Å². The predicted molar refractivity (Wildman–Crippen MR) is 89.3 cm³/mol. The van der Waals surface area contributed by atoms with E-state index in [2.05, 4.69) is 43.4 Å². The van der Waals surface area contributed by atoms with Gasteiger partial charge in [0.1, 0.15) is 5.75 Å². The Labute approximate surface area is 132 Å². The van der Waals surface area contributed by atoms with Crippen LogP contribution in [0.25, 0.3) is 0 Å². The summed E-state index contributed by atoms with van der Waals surface area (Å²) < 4.78 is 5.45. The zero-order chi connectivity index (χ0) is 15.2. The zero-order valence-electron chi connectivity index (χ0n) is 12.8. The first-order valence-electron chi connectivity index (χ1n) is 7.26. The van der Waals surface area contributed by atoms with Crippen molar-refractivity contribution in [1.82, 2.24) is 5.32 Å². The smallest absolute Gasteiger partial charge is 0.122 e. The maximum absolute atomic E-state index is 6.13. The number of nitrogens with one attached hydrogen (secondary N) is 1.